The molecule has 0 radical (unpaired) electrons. The predicted molar refractivity (Wildman–Crippen MR) is 72.4 cm³/mol. The fourth-order valence-electron chi connectivity index (χ4n) is 1.66. The van der Waals surface area contributed by atoms with Crippen molar-refractivity contribution in [2.45, 2.75) is 19.4 Å². The van der Waals surface area contributed by atoms with Gasteiger partial charge in [0.1, 0.15) is 5.75 Å². The topological polar surface area (TPSA) is 67.8 Å². The normalized spacial score (nSPS) is 11.9. The smallest absolute Gasteiger partial charge is 0.255 e. The SMILES string of the molecule is CCOc1ccccc1C(=O)NCCC(O)COC. The molecule has 1 aromatic rings. The van der Waals surface area contributed by atoms with Crippen LogP contribution in [-0.4, -0.2) is 44.0 Å². The molecule has 1 unspecified atom stereocenters. The van der Waals surface area contributed by atoms with Crippen LogP contribution in [0.1, 0.15) is 23.7 Å². The summed E-state index contributed by atoms with van der Waals surface area (Å²) in [7, 11) is 1.53. The van der Waals surface area contributed by atoms with Crippen molar-refractivity contribution in [2.24, 2.45) is 0 Å². The Kier molecular flexibility index (Phi) is 6.92. The molecule has 0 fully saturated rings. The number of rotatable bonds is 8. The lowest BCUT2D eigenvalue weighted by atomic mass is 10.2. The second kappa shape index (κ2) is 8.50. The largest absolute Gasteiger partial charge is 0.493 e. The van der Waals surface area contributed by atoms with Gasteiger partial charge >= 0.3 is 0 Å². The van der Waals surface area contributed by atoms with Gasteiger partial charge in [-0.15, -0.1) is 0 Å². The number of ether oxygens (including phenoxy) is 2. The number of aliphatic hydroxyl groups excluding tert-OH is 1. The van der Waals surface area contributed by atoms with E-state index in [0.29, 0.717) is 30.9 Å². The van der Waals surface area contributed by atoms with Gasteiger partial charge in [-0.3, -0.25) is 4.79 Å². The highest BCUT2D eigenvalue weighted by Gasteiger charge is 2.12. The number of para-hydroxylation sites is 1. The van der Waals surface area contributed by atoms with Crippen LogP contribution in [0.2, 0.25) is 0 Å². The fraction of sp³-hybridized carbons (Fsp3) is 0.500. The van der Waals surface area contributed by atoms with Crippen molar-refractivity contribution < 1.29 is 19.4 Å². The third-order valence-electron chi connectivity index (χ3n) is 2.55. The van der Waals surface area contributed by atoms with Gasteiger partial charge < -0.3 is 19.9 Å². The van der Waals surface area contributed by atoms with E-state index in [1.807, 2.05) is 13.0 Å². The van der Waals surface area contributed by atoms with Gasteiger partial charge in [0, 0.05) is 13.7 Å². The lowest BCUT2D eigenvalue weighted by Gasteiger charge is -2.12. The lowest BCUT2D eigenvalue weighted by Crippen LogP contribution is -2.28. The van der Waals surface area contributed by atoms with Crippen LogP contribution in [-0.2, 0) is 4.74 Å². The number of nitrogens with one attached hydrogen (secondary N) is 1. The summed E-state index contributed by atoms with van der Waals surface area (Å²) in [5, 5.41) is 12.2. The Balaban J connectivity index is 2.49. The van der Waals surface area contributed by atoms with Gasteiger partial charge in [-0.2, -0.15) is 0 Å². The Morgan fingerprint density at radius 1 is 1.42 bits per heavy atom. The molecule has 0 aliphatic heterocycles. The summed E-state index contributed by atoms with van der Waals surface area (Å²) in [6.45, 7) is 3.04. The molecule has 0 saturated carbocycles. The molecular formula is C14H21NO4. The minimum absolute atomic E-state index is 0.200. The number of amides is 1. The van der Waals surface area contributed by atoms with E-state index >= 15 is 0 Å². The van der Waals surface area contributed by atoms with E-state index in [9.17, 15) is 9.90 Å². The molecule has 1 amide bonds. The monoisotopic (exact) mass is 267 g/mol. The van der Waals surface area contributed by atoms with Gasteiger partial charge in [0.15, 0.2) is 0 Å². The van der Waals surface area contributed by atoms with E-state index in [2.05, 4.69) is 5.32 Å². The van der Waals surface area contributed by atoms with Crippen LogP contribution >= 0.6 is 0 Å². The maximum absolute atomic E-state index is 12.0. The molecule has 0 aliphatic rings. The van der Waals surface area contributed by atoms with E-state index in [0.717, 1.165) is 0 Å². The van der Waals surface area contributed by atoms with Crippen LogP contribution < -0.4 is 10.1 Å². The summed E-state index contributed by atoms with van der Waals surface area (Å²) in [6.07, 6.45) is -0.108. The summed E-state index contributed by atoms with van der Waals surface area (Å²) >= 11 is 0. The molecule has 0 spiro atoms. The molecule has 5 nitrogen and oxygen atoms in total. The summed E-state index contributed by atoms with van der Waals surface area (Å²) in [5.41, 5.74) is 0.505. The molecular weight excluding hydrogens is 246 g/mol. The molecule has 1 rings (SSSR count). The Labute approximate surface area is 113 Å². The molecule has 106 valence electrons. The third kappa shape index (κ3) is 5.28. The zero-order valence-corrected chi connectivity index (χ0v) is 11.4. The lowest BCUT2D eigenvalue weighted by molar-refractivity contribution is 0.0587. The van der Waals surface area contributed by atoms with Gasteiger partial charge in [-0.25, -0.2) is 0 Å². The minimum atomic E-state index is -0.563. The first-order valence-corrected chi connectivity index (χ1v) is 6.36. The molecule has 1 aromatic carbocycles. The second-order valence-corrected chi connectivity index (χ2v) is 4.08. The van der Waals surface area contributed by atoms with Crippen molar-refractivity contribution in [1.82, 2.24) is 5.32 Å². The number of methoxy groups -OCH3 is 1. The molecule has 0 aliphatic carbocycles. The van der Waals surface area contributed by atoms with Crippen molar-refractivity contribution in [2.75, 3.05) is 26.9 Å². The molecule has 0 heterocycles. The minimum Gasteiger partial charge on any atom is -0.493 e. The summed E-state index contributed by atoms with van der Waals surface area (Å²) < 4.78 is 10.2. The number of hydrogen-bond donors (Lipinski definition) is 2. The Morgan fingerprint density at radius 2 is 2.16 bits per heavy atom. The second-order valence-electron chi connectivity index (χ2n) is 4.08. The third-order valence-corrected chi connectivity index (χ3v) is 2.55. The molecule has 0 aromatic heterocycles. The Morgan fingerprint density at radius 3 is 2.84 bits per heavy atom. The van der Waals surface area contributed by atoms with E-state index in [4.69, 9.17) is 9.47 Å². The average molecular weight is 267 g/mol. The first kappa shape index (κ1) is 15.5. The molecule has 0 bridgehead atoms. The molecule has 19 heavy (non-hydrogen) atoms. The standard InChI is InChI=1S/C14H21NO4/c1-3-19-13-7-5-4-6-12(13)14(17)15-9-8-11(16)10-18-2/h4-7,11,16H,3,8-10H2,1-2H3,(H,15,17). The maximum Gasteiger partial charge on any atom is 0.255 e. The molecule has 0 saturated heterocycles. The number of carbonyl (C=O) groups is 1. The average Bonchev–Trinajstić information content (AvgIpc) is 2.40. The zero-order valence-electron chi connectivity index (χ0n) is 11.4. The van der Waals surface area contributed by atoms with Crippen LogP contribution in [0.25, 0.3) is 0 Å². The molecule has 5 heteroatoms. The number of hydrogen-bond acceptors (Lipinski definition) is 4. The predicted octanol–water partition coefficient (Wildman–Crippen LogP) is 1.21. The van der Waals surface area contributed by atoms with Crippen LogP contribution in [0.4, 0.5) is 0 Å². The zero-order chi connectivity index (χ0) is 14.1. The van der Waals surface area contributed by atoms with Gasteiger partial charge in [0.25, 0.3) is 5.91 Å². The highest BCUT2D eigenvalue weighted by atomic mass is 16.5. The molecule has 2 N–H and O–H groups in total. The van der Waals surface area contributed by atoms with Crippen LogP contribution in [0.3, 0.4) is 0 Å². The van der Waals surface area contributed by atoms with E-state index in [1.54, 1.807) is 18.2 Å². The van der Waals surface area contributed by atoms with Crippen LogP contribution in [0.5, 0.6) is 5.75 Å². The first-order valence-electron chi connectivity index (χ1n) is 6.36. The van der Waals surface area contributed by atoms with E-state index < -0.39 is 6.10 Å². The van der Waals surface area contributed by atoms with Crippen molar-refractivity contribution in [3.8, 4) is 5.75 Å². The van der Waals surface area contributed by atoms with Gasteiger partial charge in [-0.05, 0) is 25.5 Å². The van der Waals surface area contributed by atoms with Gasteiger partial charge in [-0.1, -0.05) is 12.1 Å². The van der Waals surface area contributed by atoms with Crippen LogP contribution in [0.15, 0.2) is 24.3 Å². The summed E-state index contributed by atoms with van der Waals surface area (Å²) in [6, 6.07) is 7.09. The van der Waals surface area contributed by atoms with Crippen molar-refractivity contribution in [1.29, 1.82) is 0 Å². The highest BCUT2D eigenvalue weighted by Crippen LogP contribution is 2.17. The van der Waals surface area contributed by atoms with Crippen LogP contribution in [0, 0.1) is 0 Å². The van der Waals surface area contributed by atoms with E-state index in [-0.39, 0.29) is 12.5 Å². The van der Waals surface area contributed by atoms with Crippen molar-refractivity contribution in [3.05, 3.63) is 29.8 Å². The number of benzene rings is 1. The maximum atomic E-state index is 12.0. The summed E-state index contributed by atoms with van der Waals surface area (Å²) in [5.74, 6) is 0.369. The number of carbonyl (C=O) groups excluding carboxylic acids is 1. The van der Waals surface area contributed by atoms with Crippen molar-refractivity contribution >= 4 is 5.91 Å². The highest BCUT2D eigenvalue weighted by molar-refractivity contribution is 5.96. The van der Waals surface area contributed by atoms with Gasteiger partial charge in [0.05, 0.1) is 24.9 Å². The van der Waals surface area contributed by atoms with E-state index in [1.165, 1.54) is 7.11 Å². The first-order chi connectivity index (χ1) is 9.19. The van der Waals surface area contributed by atoms with Gasteiger partial charge in [0.2, 0.25) is 0 Å². The summed E-state index contributed by atoms with van der Waals surface area (Å²) in [4.78, 5) is 12.0. The van der Waals surface area contributed by atoms with Crippen molar-refractivity contribution in [3.63, 3.8) is 0 Å². The fourth-order valence-corrected chi connectivity index (χ4v) is 1.66. The Bertz CT molecular complexity index is 395. The molecule has 1 atom stereocenters. The number of aliphatic hydroxyl groups is 1. The Hall–Kier alpha value is -1.59. The quantitative estimate of drug-likeness (QED) is 0.743.